The summed E-state index contributed by atoms with van der Waals surface area (Å²) in [6.45, 7) is 3.10. The third kappa shape index (κ3) is 5.27. The Bertz CT molecular complexity index is 656. The van der Waals surface area contributed by atoms with Crippen LogP contribution in [0.3, 0.4) is 0 Å². The molecule has 1 aliphatic rings. The topological polar surface area (TPSA) is 93.7 Å². The molecule has 8 heteroatoms. The minimum Gasteiger partial charge on any atom is -0.383 e. The first-order valence-electron chi connectivity index (χ1n) is 7.93. The van der Waals surface area contributed by atoms with Crippen molar-refractivity contribution in [2.45, 2.75) is 36.8 Å². The second-order valence-corrected chi connectivity index (χ2v) is 7.61. The first kappa shape index (κ1) is 18.9. The Kier molecular flexibility index (Phi) is 6.73. The van der Waals surface area contributed by atoms with Crippen LogP contribution < -0.4 is 10.0 Å². The molecule has 0 bridgehead atoms. The standard InChI is InChI=1S/C16H24N2O5S/c1-12(11-22-2)18-16(19)13-5-3-7-15(9-13)24(20,21)17-10-14-6-4-8-23-14/h3,5,7,9,12,14,17H,4,6,8,10-11H2,1-2H3,(H,18,19). The molecule has 1 aromatic carbocycles. The summed E-state index contributed by atoms with van der Waals surface area (Å²) in [5.74, 6) is -0.337. The molecule has 24 heavy (non-hydrogen) atoms. The second-order valence-electron chi connectivity index (χ2n) is 5.84. The van der Waals surface area contributed by atoms with E-state index >= 15 is 0 Å². The number of nitrogens with one attached hydrogen (secondary N) is 2. The van der Waals surface area contributed by atoms with Gasteiger partial charge in [-0.1, -0.05) is 6.07 Å². The van der Waals surface area contributed by atoms with Gasteiger partial charge in [-0.3, -0.25) is 4.79 Å². The normalized spacial score (nSPS) is 19.2. The highest BCUT2D eigenvalue weighted by Crippen LogP contribution is 2.14. The summed E-state index contributed by atoms with van der Waals surface area (Å²) >= 11 is 0. The van der Waals surface area contributed by atoms with Gasteiger partial charge in [0.2, 0.25) is 10.0 Å². The fourth-order valence-electron chi connectivity index (χ4n) is 2.49. The van der Waals surface area contributed by atoms with Gasteiger partial charge >= 0.3 is 0 Å². The van der Waals surface area contributed by atoms with Crippen LogP contribution in [-0.2, 0) is 19.5 Å². The average molecular weight is 356 g/mol. The van der Waals surface area contributed by atoms with Gasteiger partial charge in [0, 0.05) is 31.9 Å². The molecule has 134 valence electrons. The zero-order valence-corrected chi connectivity index (χ0v) is 14.8. The van der Waals surface area contributed by atoms with Gasteiger partial charge in [0.1, 0.15) is 0 Å². The van der Waals surface area contributed by atoms with E-state index in [9.17, 15) is 13.2 Å². The molecule has 2 N–H and O–H groups in total. The number of rotatable bonds is 8. The van der Waals surface area contributed by atoms with E-state index in [-0.39, 0.29) is 35.1 Å². The van der Waals surface area contributed by atoms with Gasteiger partial charge in [-0.15, -0.1) is 0 Å². The zero-order valence-electron chi connectivity index (χ0n) is 13.9. The summed E-state index contributed by atoms with van der Waals surface area (Å²) in [5, 5.41) is 2.75. The fourth-order valence-corrected chi connectivity index (χ4v) is 3.61. The Morgan fingerprint density at radius 2 is 2.25 bits per heavy atom. The quantitative estimate of drug-likeness (QED) is 0.722. The van der Waals surface area contributed by atoms with Crippen molar-refractivity contribution >= 4 is 15.9 Å². The van der Waals surface area contributed by atoms with Crippen LogP contribution in [0.5, 0.6) is 0 Å². The number of carbonyl (C=O) groups is 1. The van der Waals surface area contributed by atoms with Crippen LogP contribution in [0, 0.1) is 0 Å². The van der Waals surface area contributed by atoms with E-state index in [0.717, 1.165) is 12.8 Å². The lowest BCUT2D eigenvalue weighted by molar-refractivity contribution is 0.0905. The van der Waals surface area contributed by atoms with E-state index in [1.165, 1.54) is 12.1 Å². The van der Waals surface area contributed by atoms with Crippen molar-refractivity contribution < 1.29 is 22.7 Å². The highest BCUT2D eigenvalue weighted by Gasteiger charge is 2.21. The lowest BCUT2D eigenvalue weighted by Crippen LogP contribution is -2.36. The van der Waals surface area contributed by atoms with Gasteiger partial charge in [-0.25, -0.2) is 13.1 Å². The van der Waals surface area contributed by atoms with Crippen LogP contribution in [0.1, 0.15) is 30.1 Å². The van der Waals surface area contributed by atoms with Gasteiger partial charge < -0.3 is 14.8 Å². The van der Waals surface area contributed by atoms with Crippen molar-refractivity contribution in [1.82, 2.24) is 10.0 Å². The molecule has 1 saturated heterocycles. The van der Waals surface area contributed by atoms with Crippen LogP contribution in [0.25, 0.3) is 0 Å². The number of sulfonamides is 1. The van der Waals surface area contributed by atoms with Gasteiger partial charge in [-0.05, 0) is 38.0 Å². The molecule has 0 saturated carbocycles. The summed E-state index contributed by atoms with van der Waals surface area (Å²) in [6, 6.07) is 5.80. The predicted octanol–water partition coefficient (Wildman–Crippen LogP) is 0.909. The molecule has 1 amide bonds. The van der Waals surface area contributed by atoms with Gasteiger partial charge in [0.25, 0.3) is 5.91 Å². The number of amides is 1. The molecule has 1 heterocycles. The Morgan fingerprint density at radius 3 is 2.92 bits per heavy atom. The SMILES string of the molecule is COCC(C)NC(=O)c1cccc(S(=O)(=O)NCC2CCCO2)c1. The van der Waals surface area contributed by atoms with Crippen LogP contribution in [0.15, 0.2) is 29.2 Å². The van der Waals surface area contributed by atoms with Crippen LogP contribution in [0.2, 0.25) is 0 Å². The van der Waals surface area contributed by atoms with Crippen molar-refractivity contribution in [3.8, 4) is 0 Å². The number of hydrogen-bond acceptors (Lipinski definition) is 5. The van der Waals surface area contributed by atoms with Crippen LogP contribution in [0.4, 0.5) is 0 Å². The largest absolute Gasteiger partial charge is 0.383 e. The smallest absolute Gasteiger partial charge is 0.251 e. The molecule has 2 atom stereocenters. The van der Waals surface area contributed by atoms with E-state index < -0.39 is 10.0 Å². The van der Waals surface area contributed by atoms with Crippen LogP contribution in [-0.4, -0.2) is 53.3 Å². The number of benzene rings is 1. The first-order chi connectivity index (χ1) is 11.4. The average Bonchev–Trinajstić information content (AvgIpc) is 3.07. The van der Waals surface area contributed by atoms with Gasteiger partial charge in [0.05, 0.1) is 17.6 Å². The molecule has 1 fully saturated rings. The molecule has 1 aliphatic heterocycles. The molecule has 0 spiro atoms. The minimum atomic E-state index is -3.68. The van der Waals surface area contributed by atoms with Crippen molar-refractivity contribution in [2.24, 2.45) is 0 Å². The maximum absolute atomic E-state index is 12.4. The van der Waals surface area contributed by atoms with E-state index in [4.69, 9.17) is 9.47 Å². The predicted molar refractivity (Wildman–Crippen MR) is 89.4 cm³/mol. The van der Waals surface area contributed by atoms with E-state index in [0.29, 0.717) is 13.2 Å². The van der Waals surface area contributed by atoms with E-state index in [1.807, 2.05) is 6.92 Å². The highest BCUT2D eigenvalue weighted by atomic mass is 32.2. The second kappa shape index (κ2) is 8.57. The van der Waals surface area contributed by atoms with Crippen molar-refractivity contribution in [2.75, 3.05) is 26.9 Å². The number of methoxy groups -OCH3 is 1. The summed E-state index contributed by atoms with van der Waals surface area (Å²) in [4.78, 5) is 12.2. The molecular weight excluding hydrogens is 332 g/mol. The summed E-state index contributed by atoms with van der Waals surface area (Å²) < 4.78 is 37.7. The minimum absolute atomic E-state index is 0.0625. The molecule has 1 aromatic rings. The third-order valence-electron chi connectivity index (χ3n) is 3.73. The Hall–Kier alpha value is -1.48. The molecule has 2 unspecified atom stereocenters. The lowest BCUT2D eigenvalue weighted by Gasteiger charge is -2.14. The number of carbonyl (C=O) groups excluding carboxylic acids is 1. The monoisotopic (exact) mass is 356 g/mol. The maximum atomic E-state index is 12.4. The lowest BCUT2D eigenvalue weighted by atomic mass is 10.2. The fraction of sp³-hybridized carbons (Fsp3) is 0.562. The number of ether oxygens (including phenoxy) is 2. The van der Waals surface area contributed by atoms with E-state index in [2.05, 4.69) is 10.0 Å². The van der Waals surface area contributed by atoms with Crippen molar-refractivity contribution in [1.29, 1.82) is 0 Å². The van der Waals surface area contributed by atoms with Crippen molar-refractivity contribution in [3.63, 3.8) is 0 Å². The van der Waals surface area contributed by atoms with Gasteiger partial charge in [0.15, 0.2) is 0 Å². The van der Waals surface area contributed by atoms with E-state index in [1.54, 1.807) is 19.2 Å². The summed E-state index contributed by atoms with van der Waals surface area (Å²) in [7, 11) is -2.13. The molecule has 0 aromatic heterocycles. The molecular formula is C16H24N2O5S. The molecule has 0 radical (unpaired) electrons. The Labute approximate surface area is 142 Å². The summed E-state index contributed by atoms with van der Waals surface area (Å²) in [5.41, 5.74) is 0.290. The molecule has 7 nitrogen and oxygen atoms in total. The first-order valence-corrected chi connectivity index (χ1v) is 9.42. The summed E-state index contributed by atoms with van der Waals surface area (Å²) in [6.07, 6.45) is 1.71. The van der Waals surface area contributed by atoms with Crippen molar-refractivity contribution in [3.05, 3.63) is 29.8 Å². The highest BCUT2D eigenvalue weighted by molar-refractivity contribution is 7.89. The Morgan fingerprint density at radius 1 is 1.46 bits per heavy atom. The van der Waals surface area contributed by atoms with Gasteiger partial charge in [-0.2, -0.15) is 0 Å². The third-order valence-corrected chi connectivity index (χ3v) is 5.15. The maximum Gasteiger partial charge on any atom is 0.251 e. The Balaban J connectivity index is 2.03. The van der Waals surface area contributed by atoms with Crippen LogP contribution >= 0.6 is 0 Å². The number of hydrogen-bond donors (Lipinski definition) is 2. The zero-order chi connectivity index (χ0) is 17.6. The molecule has 2 rings (SSSR count). The molecule has 0 aliphatic carbocycles.